The molecule has 1 atom stereocenters. The second kappa shape index (κ2) is 9.55. The van der Waals surface area contributed by atoms with E-state index in [1.165, 1.54) is 26.2 Å². The molecular formula is C20H26ClFN4O5S. The predicted molar refractivity (Wildman–Crippen MR) is 117 cm³/mol. The number of hydrogen-bond donors (Lipinski definition) is 1. The molecule has 1 aromatic carbocycles. The molecule has 2 aromatic rings. The van der Waals surface area contributed by atoms with Crippen LogP contribution >= 0.6 is 11.6 Å². The summed E-state index contributed by atoms with van der Waals surface area (Å²) in [6.45, 7) is 6.82. The van der Waals surface area contributed by atoms with Crippen molar-refractivity contribution in [3.63, 3.8) is 0 Å². The van der Waals surface area contributed by atoms with Gasteiger partial charge in [-0.25, -0.2) is 9.18 Å². The zero-order valence-electron chi connectivity index (χ0n) is 18.6. The molecule has 0 fully saturated rings. The second-order valence-electron chi connectivity index (χ2n) is 8.15. The van der Waals surface area contributed by atoms with Gasteiger partial charge in [0.15, 0.2) is 0 Å². The third-order valence-electron chi connectivity index (χ3n) is 4.34. The number of benzene rings is 1. The van der Waals surface area contributed by atoms with Crippen molar-refractivity contribution < 1.29 is 27.1 Å². The number of nitrogens with one attached hydrogen (secondary N) is 1. The van der Waals surface area contributed by atoms with E-state index < -0.39 is 45.1 Å². The van der Waals surface area contributed by atoms with Crippen molar-refractivity contribution in [2.24, 2.45) is 0 Å². The van der Waals surface area contributed by atoms with Crippen LogP contribution in [0.25, 0.3) is 0 Å². The number of rotatable bonds is 7. The highest BCUT2D eigenvalue weighted by Crippen LogP contribution is 2.30. The number of amides is 1. The molecule has 1 amide bonds. The smallest absolute Gasteiger partial charge is 0.408 e. The summed E-state index contributed by atoms with van der Waals surface area (Å²) in [5.74, 6) is -1.77. The number of nitrogens with zero attached hydrogens (tertiary/aromatic N) is 3. The Bertz CT molecular complexity index is 1130. The first-order chi connectivity index (χ1) is 14.7. The summed E-state index contributed by atoms with van der Waals surface area (Å²) >= 11 is 6.11. The minimum atomic E-state index is -3.95. The first kappa shape index (κ1) is 25.8. The third-order valence-corrected chi connectivity index (χ3v) is 6.25. The lowest BCUT2D eigenvalue weighted by Crippen LogP contribution is -2.35. The fourth-order valence-electron chi connectivity index (χ4n) is 2.76. The number of halogens is 2. The first-order valence-electron chi connectivity index (χ1n) is 9.68. The van der Waals surface area contributed by atoms with E-state index in [0.29, 0.717) is 10.5 Å². The molecule has 1 aromatic heterocycles. The van der Waals surface area contributed by atoms with Crippen molar-refractivity contribution in [3.8, 4) is 0 Å². The van der Waals surface area contributed by atoms with Gasteiger partial charge in [0.05, 0.1) is 34.6 Å². The first-order valence-corrected chi connectivity index (χ1v) is 11.5. The van der Waals surface area contributed by atoms with Crippen LogP contribution in [0.4, 0.5) is 9.18 Å². The van der Waals surface area contributed by atoms with Gasteiger partial charge < -0.3 is 10.1 Å². The molecule has 0 bridgehead atoms. The fraction of sp³-hybridized carbons (Fsp3) is 0.450. The summed E-state index contributed by atoms with van der Waals surface area (Å²) in [4.78, 5) is 25.1. The Morgan fingerprint density at radius 3 is 2.47 bits per heavy atom. The molecule has 0 aliphatic carbocycles. The molecule has 9 nitrogen and oxygen atoms in total. The third kappa shape index (κ3) is 5.64. The van der Waals surface area contributed by atoms with E-state index in [1.807, 2.05) is 0 Å². The zero-order chi connectivity index (χ0) is 24.4. The number of ketones is 1. The normalized spacial score (nSPS) is 13.2. The molecule has 0 saturated carbocycles. The highest BCUT2D eigenvalue weighted by atomic mass is 35.5. The number of alkyl carbamates (subject to hydrolysis) is 1. The van der Waals surface area contributed by atoms with Crippen molar-refractivity contribution in [3.05, 3.63) is 52.1 Å². The van der Waals surface area contributed by atoms with E-state index >= 15 is 4.39 Å². The molecule has 0 spiro atoms. The second-order valence-corrected chi connectivity index (χ2v) is 10.6. The Morgan fingerprint density at radius 1 is 1.31 bits per heavy atom. The van der Waals surface area contributed by atoms with Crippen molar-refractivity contribution >= 4 is 33.7 Å². The van der Waals surface area contributed by atoms with Gasteiger partial charge in [0.1, 0.15) is 11.4 Å². The number of ether oxygens (including phenoxy) is 1. The van der Waals surface area contributed by atoms with Crippen LogP contribution in [-0.4, -0.2) is 53.5 Å². The minimum Gasteiger partial charge on any atom is -0.444 e. The lowest BCUT2D eigenvalue weighted by atomic mass is 9.97. The highest BCUT2D eigenvalue weighted by molar-refractivity contribution is 7.87. The molecule has 0 radical (unpaired) electrons. The van der Waals surface area contributed by atoms with E-state index in [-0.39, 0.29) is 16.1 Å². The van der Waals surface area contributed by atoms with E-state index in [1.54, 1.807) is 27.7 Å². The largest absolute Gasteiger partial charge is 0.444 e. The van der Waals surface area contributed by atoms with Crippen LogP contribution in [0.3, 0.4) is 0 Å². The van der Waals surface area contributed by atoms with Gasteiger partial charge in [-0.15, -0.1) is 0 Å². The SMILES string of the molecule is CC[C@@H](NC(=O)OC(C)(C)C)c1ccc(Cl)c(C(=O)c2cnn(S(=O)(=O)N(C)C)c2)c1F. The summed E-state index contributed by atoms with van der Waals surface area (Å²) in [7, 11) is -1.33. The van der Waals surface area contributed by atoms with Crippen LogP contribution in [0.5, 0.6) is 0 Å². The number of carbonyl (C=O) groups excluding carboxylic acids is 2. The van der Waals surface area contributed by atoms with Gasteiger partial charge in [0.2, 0.25) is 5.78 Å². The van der Waals surface area contributed by atoms with Crippen LogP contribution in [0, 0.1) is 5.82 Å². The molecule has 1 N–H and O–H groups in total. The molecule has 32 heavy (non-hydrogen) atoms. The summed E-state index contributed by atoms with van der Waals surface area (Å²) < 4.78 is 46.5. The predicted octanol–water partition coefficient (Wildman–Crippen LogP) is 3.54. The van der Waals surface area contributed by atoms with Crippen LogP contribution in [-0.2, 0) is 14.9 Å². The van der Waals surface area contributed by atoms with Gasteiger partial charge in [-0.3, -0.25) is 4.79 Å². The molecule has 0 aliphatic heterocycles. The molecule has 0 saturated heterocycles. The van der Waals surface area contributed by atoms with Crippen molar-refractivity contribution in [1.29, 1.82) is 0 Å². The van der Waals surface area contributed by atoms with Crippen molar-refractivity contribution in [2.75, 3.05) is 14.1 Å². The Balaban J connectivity index is 2.42. The molecular weight excluding hydrogens is 463 g/mol. The summed E-state index contributed by atoms with van der Waals surface area (Å²) in [5, 5.41) is 6.11. The summed E-state index contributed by atoms with van der Waals surface area (Å²) in [6.07, 6.45) is 1.57. The fourth-order valence-corrected chi connectivity index (χ4v) is 3.73. The van der Waals surface area contributed by atoms with Crippen LogP contribution in [0.15, 0.2) is 24.5 Å². The molecule has 0 unspecified atom stereocenters. The van der Waals surface area contributed by atoms with Gasteiger partial charge in [-0.2, -0.15) is 21.9 Å². The molecule has 176 valence electrons. The van der Waals surface area contributed by atoms with Gasteiger partial charge in [-0.1, -0.05) is 24.6 Å². The summed E-state index contributed by atoms with van der Waals surface area (Å²) in [5.41, 5.74) is -1.31. The lowest BCUT2D eigenvalue weighted by molar-refractivity contribution is 0.0501. The maximum Gasteiger partial charge on any atom is 0.408 e. The zero-order valence-corrected chi connectivity index (χ0v) is 20.2. The van der Waals surface area contributed by atoms with Gasteiger partial charge in [0, 0.05) is 19.7 Å². The van der Waals surface area contributed by atoms with Gasteiger partial charge >= 0.3 is 16.3 Å². The maximum absolute atomic E-state index is 15.4. The van der Waals surface area contributed by atoms with E-state index in [9.17, 15) is 18.0 Å². The number of carbonyl (C=O) groups is 2. The van der Waals surface area contributed by atoms with Crippen molar-refractivity contribution in [1.82, 2.24) is 18.8 Å². The Morgan fingerprint density at radius 2 is 1.94 bits per heavy atom. The van der Waals surface area contributed by atoms with Crippen LogP contribution in [0.1, 0.15) is 61.6 Å². The number of hydrogen-bond acceptors (Lipinski definition) is 6. The summed E-state index contributed by atoms with van der Waals surface area (Å²) in [6, 6.07) is 1.93. The van der Waals surface area contributed by atoms with E-state index in [2.05, 4.69) is 10.4 Å². The highest BCUT2D eigenvalue weighted by Gasteiger charge is 2.28. The molecule has 12 heteroatoms. The maximum atomic E-state index is 15.4. The van der Waals surface area contributed by atoms with Crippen molar-refractivity contribution in [2.45, 2.75) is 45.8 Å². The lowest BCUT2D eigenvalue weighted by Gasteiger charge is -2.24. The Hall–Kier alpha value is -2.50. The number of aromatic nitrogens is 2. The molecule has 2 rings (SSSR count). The average Bonchev–Trinajstić information content (AvgIpc) is 3.16. The van der Waals surface area contributed by atoms with Crippen LogP contribution < -0.4 is 5.32 Å². The average molecular weight is 489 g/mol. The van der Waals surface area contributed by atoms with E-state index in [0.717, 1.165) is 16.7 Å². The topological polar surface area (TPSA) is 111 Å². The van der Waals surface area contributed by atoms with E-state index in [4.69, 9.17) is 16.3 Å². The minimum absolute atomic E-state index is 0.0411. The van der Waals surface area contributed by atoms with Gasteiger partial charge in [0.25, 0.3) is 0 Å². The van der Waals surface area contributed by atoms with Gasteiger partial charge in [-0.05, 0) is 33.3 Å². The molecule has 0 aliphatic rings. The van der Waals surface area contributed by atoms with Crippen LogP contribution in [0.2, 0.25) is 5.02 Å². The Labute approximate surface area is 191 Å². The monoisotopic (exact) mass is 488 g/mol. The Kier molecular flexibility index (Phi) is 7.69. The molecule has 1 heterocycles. The quantitative estimate of drug-likeness (QED) is 0.597. The standard InChI is InChI=1S/C20H26ClFN4O5S/c1-7-15(24-19(28)31-20(2,3)4)13-8-9-14(21)16(17(13)22)18(27)12-10-23-26(11-12)32(29,30)25(5)6/h8-11,15H,7H2,1-6H3,(H,24,28)/t15-/m1/s1.